The molecule has 1 heterocycles. The molecule has 11 aromatic rings. The molecule has 354 valence electrons. The molecule has 0 fully saturated rings. The fraction of sp³-hybridized carbons (Fsp3) is 0.0870. The van der Waals surface area contributed by atoms with Gasteiger partial charge in [-0.2, -0.15) is 0 Å². The highest BCUT2D eigenvalue weighted by Gasteiger charge is 2.32. The minimum absolute atomic E-state index is 0.170. The highest BCUT2D eigenvalue weighted by atomic mass is 16.5. The van der Waals surface area contributed by atoms with E-state index in [0.717, 1.165) is 45.1 Å². The van der Waals surface area contributed by atoms with Crippen LogP contribution < -0.4 is 14.0 Å². The number of imidazole rings is 1. The van der Waals surface area contributed by atoms with Crippen LogP contribution in [0, 0.1) is 6.33 Å². The molecule has 0 aliphatic carbocycles. The average molecular weight is 945 g/mol. The quantitative estimate of drug-likeness (QED) is 0.0548. The van der Waals surface area contributed by atoms with Crippen LogP contribution in [-0.4, -0.2) is 18.8 Å². The lowest BCUT2D eigenvalue weighted by atomic mass is 9.78. The van der Waals surface area contributed by atoms with Crippen molar-refractivity contribution in [2.24, 2.45) is 0 Å². The van der Waals surface area contributed by atoms with Gasteiger partial charge < -0.3 is 9.47 Å². The number of aromatic nitrogens is 2. The maximum atomic E-state index is 6.34. The largest absolute Gasteiger partial charge is 0.497 e. The van der Waals surface area contributed by atoms with E-state index in [-0.39, 0.29) is 23.7 Å². The molecule has 0 unspecified atom stereocenters. The zero-order valence-electron chi connectivity index (χ0n) is 41.1. The maximum Gasteiger partial charge on any atom is 0.268 e. The summed E-state index contributed by atoms with van der Waals surface area (Å²) in [5, 5.41) is 0. The molecular formula is C69H56N2O2. The summed E-state index contributed by atoms with van der Waals surface area (Å²) in [6.45, 7) is 0. The number of hydrogen-bond donors (Lipinski definition) is 0. The summed E-state index contributed by atoms with van der Waals surface area (Å²) in [6.07, 6.45) is 8.44. The van der Waals surface area contributed by atoms with Gasteiger partial charge in [-0.3, -0.25) is 9.13 Å². The van der Waals surface area contributed by atoms with Crippen molar-refractivity contribution in [3.8, 4) is 22.9 Å². The van der Waals surface area contributed by atoms with Crippen LogP contribution in [0.5, 0.6) is 11.5 Å². The summed E-state index contributed by atoms with van der Waals surface area (Å²) in [7, 11) is 3.55. The van der Waals surface area contributed by atoms with Gasteiger partial charge in [-0.15, -0.1) is 0 Å². The van der Waals surface area contributed by atoms with Crippen LogP contribution in [0.25, 0.3) is 11.4 Å². The van der Waals surface area contributed by atoms with E-state index in [0.29, 0.717) is 0 Å². The van der Waals surface area contributed by atoms with Gasteiger partial charge in [0.15, 0.2) is 0 Å². The van der Waals surface area contributed by atoms with Crippen LogP contribution in [0.1, 0.15) is 90.4 Å². The zero-order valence-corrected chi connectivity index (χ0v) is 41.1. The first-order valence-electron chi connectivity index (χ1n) is 25.0. The van der Waals surface area contributed by atoms with E-state index in [1.165, 1.54) is 44.5 Å². The molecule has 11 rings (SSSR count). The molecule has 4 heteroatoms. The molecule has 73 heavy (non-hydrogen) atoms. The van der Waals surface area contributed by atoms with E-state index in [1.807, 2.05) is 0 Å². The van der Waals surface area contributed by atoms with Gasteiger partial charge in [-0.05, 0) is 91.0 Å². The first-order chi connectivity index (χ1) is 36.2. The Bertz CT molecular complexity index is 2910. The molecule has 0 amide bonds. The Balaban J connectivity index is 1.25. The van der Waals surface area contributed by atoms with Crippen LogP contribution in [0.2, 0.25) is 0 Å². The molecular weight excluding hydrogens is 889 g/mol. The number of nitrogens with zero attached hydrogens (tertiary/aromatic N) is 2. The lowest BCUT2D eigenvalue weighted by Gasteiger charge is -2.29. The molecule has 0 aliphatic heterocycles. The first kappa shape index (κ1) is 46.4. The Morgan fingerprint density at radius 3 is 0.808 bits per heavy atom. The second-order valence-electron chi connectivity index (χ2n) is 18.5. The van der Waals surface area contributed by atoms with Crippen LogP contribution >= 0.6 is 0 Å². The Morgan fingerprint density at radius 2 is 0.562 bits per heavy atom. The van der Waals surface area contributed by atoms with E-state index in [1.54, 1.807) is 14.2 Å². The molecule has 0 spiro atoms. The third-order valence-corrected chi connectivity index (χ3v) is 14.1. The number of methoxy groups -OCH3 is 2. The van der Waals surface area contributed by atoms with E-state index < -0.39 is 0 Å². The summed E-state index contributed by atoms with van der Waals surface area (Å²) in [4.78, 5) is 0. The molecule has 0 bridgehead atoms. The summed E-state index contributed by atoms with van der Waals surface area (Å²) in [5.74, 6) is 0.882. The Hall–Kier alpha value is -8.99. The predicted molar refractivity (Wildman–Crippen MR) is 295 cm³/mol. The smallest absolute Gasteiger partial charge is 0.268 e. The molecule has 0 aliphatic rings. The molecule has 0 radical (unpaired) electrons. The Labute approximate surface area is 429 Å². The standard InChI is InChI=1S/C69H56N2O2/c1-72-58-45-60(64(50-27-11-3-12-28-50)51-29-13-4-14-30-51)68(61(46-58)65(52-31-15-5-16-32-52)53-33-17-6-18-34-53)70-43-44-71(49-70)69-62(66(54-35-19-7-20-36-54)55-37-21-8-22-38-55)47-59(73-2)48-63(69)67(56-39-23-9-24-40-56)57-41-25-10-26-42-57/h3-48,64-67H,1-2H3. The minimum atomic E-state index is -0.170. The van der Waals surface area contributed by atoms with Crippen molar-refractivity contribution in [1.82, 2.24) is 4.57 Å². The maximum absolute atomic E-state index is 6.34. The fourth-order valence-corrected chi connectivity index (χ4v) is 10.9. The monoisotopic (exact) mass is 944 g/mol. The van der Waals surface area contributed by atoms with E-state index in [4.69, 9.17) is 9.47 Å². The van der Waals surface area contributed by atoms with Crippen molar-refractivity contribution in [3.63, 3.8) is 0 Å². The SMILES string of the molecule is COc1cc(C(c2ccccc2)c2ccccc2)c(-n2[c-][n+](-c3c(C(c4ccccc4)c4ccccc4)cc(OC)cc3C(c3ccccc3)c3ccccc3)cc2)c(C(c2ccccc2)c2ccccc2)c1. The van der Waals surface area contributed by atoms with Gasteiger partial charge in [0.2, 0.25) is 0 Å². The van der Waals surface area contributed by atoms with Crippen LogP contribution in [-0.2, 0) is 0 Å². The van der Waals surface area contributed by atoms with E-state index >= 15 is 0 Å². The zero-order chi connectivity index (χ0) is 49.3. The lowest BCUT2D eigenvalue weighted by molar-refractivity contribution is -0.600. The van der Waals surface area contributed by atoms with Gasteiger partial charge >= 0.3 is 0 Å². The minimum Gasteiger partial charge on any atom is -0.497 e. The molecule has 0 atom stereocenters. The molecule has 0 N–H and O–H groups in total. The van der Waals surface area contributed by atoms with E-state index in [2.05, 4.69) is 295 Å². The number of hydrogen-bond acceptors (Lipinski definition) is 2. The van der Waals surface area contributed by atoms with Crippen LogP contribution in [0.15, 0.2) is 279 Å². The average Bonchev–Trinajstić information content (AvgIpc) is 3.95. The number of rotatable bonds is 16. The lowest BCUT2D eigenvalue weighted by Crippen LogP contribution is -2.34. The molecule has 4 nitrogen and oxygen atoms in total. The highest BCUT2D eigenvalue weighted by molar-refractivity contribution is 5.65. The third kappa shape index (κ3) is 9.64. The number of benzene rings is 10. The van der Waals surface area contributed by atoms with Gasteiger partial charge in [0, 0.05) is 36.1 Å². The van der Waals surface area contributed by atoms with Gasteiger partial charge in [0.25, 0.3) is 6.33 Å². The van der Waals surface area contributed by atoms with Gasteiger partial charge in [-0.1, -0.05) is 243 Å². The summed E-state index contributed by atoms with van der Waals surface area (Å²) in [5.41, 5.74) is 15.8. The number of ether oxygens (including phenoxy) is 2. The topological polar surface area (TPSA) is 27.3 Å². The van der Waals surface area contributed by atoms with Crippen LogP contribution in [0.4, 0.5) is 0 Å². The van der Waals surface area contributed by atoms with Crippen molar-refractivity contribution in [3.05, 3.63) is 352 Å². The van der Waals surface area contributed by atoms with Crippen LogP contribution in [0.3, 0.4) is 0 Å². The van der Waals surface area contributed by atoms with Crippen molar-refractivity contribution < 1.29 is 14.0 Å². The van der Waals surface area contributed by atoms with Crippen molar-refractivity contribution in [2.45, 2.75) is 23.7 Å². The third-order valence-electron chi connectivity index (χ3n) is 14.1. The van der Waals surface area contributed by atoms with Gasteiger partial charge in [0.05, 0.1) is 25.6 Å². The normalized spacial score (nSPS) is 11.4. The molecule has 10 aromatic carbocycles. The molecule has 0 saturated carbocycles. The summed E-state index contributed by atoms with van der Waals surface area (Å²) < 4.78 is 17.2. The summed E-state index contributed by atoms with van der Waals surface area (Å²) >= 11 is 0. The first-order valence-corrected chi connectivity index (χ1v) is 25.0. The predicted octanol–water partition coefficient (Wildman–Crippen LogP) is 15.3. The van der Waals surface area contributed by atoms with E-state index in [9.17, 15) is 0 Å². The van der Waals surface area contributed by atoms with Gasteiger partial charge in [-0.25, -0.2) is 0 Å². The van der Waals surface area contributed by atoms with Crippen molar-refractivity contribution in [2.75, 3.05) is 14.2 Å². The second-order valence-corrected chi connectivity index (χ2v) is 18.5. The highest BCUT2D eigenvalue weighted by Crippen LogP contribution is 2.46. The molecule has 0 saturated heterocycles. The van der Waals surface area contributed by atoms with Gasteiger partial charge in [0.1, 0.15) is 11.5 Å². The fourth-order valence-electron chi connectivity index (χ4n) is 10.9. The molecule has 1 aromatic heterocycles. The second kappa shape index (κ2) is 21.6. The Kier molecular flexibility index (Phi) is 13.7. The Morgan fingerprint density at radius 1 is 0.329 bits per heavy atom. The summed E-state index contributed by atoms with van der Waals surface area (Å²) in [6, 6.07) is 95.7. The van der Waals surface area contributed by atoms with Crippen molar-refractivity contribution >= 4 is 0 Å². The van der Waals surface area contributed by atoms with Crippen molar-refractivity contribution in [1.29, 1.82) is 0 Å².